The number of carbonyl (C=O) groups excluding carboxylic acids is 1. The van der Waals surface area contributed by atoms with Crippen LogP contribution in [0.4, 0.5) is 4.39 Å². The fourth-order valence-corrected chi connectivity index (χ4v) is 2.47. The molecule has 1 atom stereocenters. The first-order valence-electron chi connectivity index (χ1n) is 6.98. The molecule has 1 aliphatic heterocycles. The topological polar surface area (TPSA) is 32.8 Å². The van der Waals surface area contributed by atoms with Gasteiger partial charge in [-0.3, -0.25) is 4.79 Å². The van der Waals surface area contributed by atoms with Crippen LogP contribution in [-0.2, 0) is 4.74 Å². The van der Waals surface area contributed by atoms with Crippen LogP contribution in [0.2, 0.25) is 5.02 Å². The number of amides is 1. The maximum atomic E-state index is 13.2. The minimum Gasteiger partial charge on any atom is -0.374 e. The number of nitrogens with zero attached hydrogens (tertiary/aromatic N) is 2. The fraction of sp³-hybridized carbons (Fsp3) is 0.533. The SMILES string of the molecule is CN(C)CCC1CN(C(=O)c2ccc(F)c(Cl)c2)CCO1. The Hall–Kier alpha value is -1.17. The first-order chi connectivity index (χ1) is 9.97. The number of hydrogen-bond acceptors (Lipinski definition) is 3. The lowest BCUT2D eigenvalue weighted by Crippen LogP contribution is -2.46. The average Bonchev–Trinajstić information content (AvgIpc) is 2.47. The number of halogens is 2. The maximum Gasteiger partial charge on any atom is 0.254 e. The summed E-state index contributed by atoms with van der Waals surface area (Å²) in [4.78, 5) is 16.3. The van der Waals surface area contributed by atoms with Gasteiger partial charge in [0.25, 0.3) is 5.91 Å². The minimum atomic E-state index is -0.515. The van der Waals surface area contributed by atoms with Gasteiger partial charge in [0, 0.05) is 25.2 Å². The molecule has 0 aliphatic carbocycles. The summed E-state index contributed by atoms with van der Waals surface area (Å²) in [5.74, 6) is -0.644. The molecular formula is C15H20ClFN2O2. The summed E-state index contributed by atoms with van der Waals surface area (Å²) in [7, 11) is 4.01. The molecule has 1 heterocycles. The highest BCUT2D eigenvalue weighted by molar-refractivity contribution is 6.31. The molecule has 1 unspecified atom stereocenters. The van der Waals surface area contributed by atoms with E-state index in [-0.39, 0.29) is 17.0 Å². The quantitative estimate of drug-likeness (QED) is 0.855. The van der Waals surface area contributed by atoms with Gasteiger partial charge in [-0.2, -0.15) is 0 Å². The molecule has 2 rings (SSSR count). The van der Waals surface area contributed by atoms with E-state index in [1.54, 1.807) is 4.90 Å². The van der Waals surface area contributed by atoms with Gasteiger partial charge in [0.2, 0.25) is 0 Å². The molecule has 0 spiro atoms. The van der Waals surface area contributed by atoms with Crippen molar-refractivity contribution >= 4 is 17.5 Å². The molecule has 1 aliphatic rings. The van der Waals surface area contributed by atoms with Gasteiger partial charge in [-0.25, -0.2) is 4.39 Å². The standard InChI is InChI=1S/C15H20ClFN2O2/c1-18(2)6-5-12-10-19(7-8-21-12)15(20)11-3-4-14(17)13(16)9-11/h3-4,9,12H,5-8,10H2,1-2H3. The Morgan fingerprint density at radius 1 is 1.52 bits per heavy atom. The van der Waals surface area contributed by atoms with Gasteiger partial charge in [0.05, 0.1) is 17.7 Å². The van der Waals surface area contributed by atoms with Crippen molar-refractivity contribution < 1.29 is 13.9 Å². The second-order valence-electron chi connectivity index (χ2n) is 5.46. The zero-order valence-electron chi connectivity index (χ0n) is 12.3. The van der Waals surface area contributed by atoms with Crippen LogP contribution < -0.4 is 0 Å². The molecule has 0 bridgehead atoms. The van der Waals surface area contributed by atoms with Gasteiger partial charge in [-0.15, -0.1) is 0 Å². The third-order valence-electron chi connectivity index (χ3n) is 3.49. The monoisotopic (exact) mass is 314 g/mol. The van der Waals surface area contributed by atoms with E-state index in [4.69, 9.17) is 16.3 Å². The number of ether oxygens (including phenoxy) is 1. The highest BCUT2D eigenvalue weighted by atomic mass is 35.5. The minimum absolute atomic E-state index is 0.0294. The molecular weight excluding hydrogens is 295 g/mol. The molecule has 0 saturated carbocycles. The highest BCUT2D eigenvalue weighted by Crippen LogP contribution is 2.19. The second-order valence-corrected chi connectivity index (χ2v) is 5.87. The van der Waals surface area contributed by atoms with E-state index in [0.29, 0.717) is 25.3 Å². The predicted molar refractivity (Wildman–Crippen MR) is 80.2 cm³/mol. The largest absolute Gasteiger partial charge is 0.374 e. The molecule has 1 aromatic rings. The molecule has 4 nitrogen and oxygen atoms in total. The zero-order valence-corrected chi connectivity index (χ0v) is 13.1. The molecule has 1 amide bonds. The van der Waals surface area contributed by atoms with Crippen molar-refractivity contribution in [2.24, 2.45) is 0 Å². The predicted octanol–water partition coefficient (Wildman–Crippen LogP) is 2.27. The van der Waals surface area contributed by atoms with Crippen molar-refractivity contribution in [3.63, 3.8) is 0 Å². The van der Waals surface area contributed by atoms with E-state index >= 15 is 0 Å². The van der Waals surface area contributed by atoms with Crippen molar-refractivity contribution in [1.29, 1.82) is 0 Å². The lowest BCUT2D eigenvalue weighted by atomic mass is 10.1. The molecule has 1 fully saturated rings. The smallest absolute Gasteiger partial charge is 0.254 e. The van der Waals surface area contributed by atoms with Crippen molar-refractivity contribution in [2.45, 2.75) is 12.5 Å². The van der Waals surface area contributed by atoms with Gasteiger partial charge >= 0.3 is 0 Å². The van der Waals surface area contributed by atoms with Gasteiger partial charge in [-0.1, -0.05) is 11.6 Å². The van der Waals surface area contributed by atoms with Gasteiger partial charge in [0.1, 0.15) is 5.82 Å². The van der Waals surface area contributed by atoms with E-state index in [2.05, 4.69) is 4.90 Å². The van der Waals surface area contributed by atoms with E-state index in [1.807, 2.05) is 14.1 Å². The molecule has 0 aromatic heterocycles. The first-order valence-corrected chi connectivity index (χ1v) is 7.36. The summed E-state index contributed by atoms with van der Waals surface area (Å²) in [5.41, 5.74) is 0.412. The Morgan fingerprint density at radius 2 is 2.29 bits per heavy atom. The first kappa shape index (κ1) is 16.2. The summed E-state index contributed by atoms with van der Waals surface area (Å²) < 4.78 is 18.8. The lowest BCUT2D eigenvalue weighted by Gasteiger charge is -2.33. The van der Waals surface area contributed by atoms with Gasteiger partial charge in [-0.05, 0) is 38.7 Å². The summed E-state index contributed by atoms with van der Waals surface area (Å²) in [6, 6.07) is 4.07. The molecule has 21 heavy (non-hydrogen) atoms. The lowest BCUT2D eigenvalue weighted by molar-refractivity contribution is -0.0269. The van der Waals surface area contributed by atoms with Crippen LogP contribution in [0, 0.1) is 5.82 Å². The fourth-order valence-electron chi connectivity index (χ4n) is 2.29. The summed E-state index contributed by atoms with van der Waals surface area (Å²) in [6.07, 6.45) is 0.919. The number of morpholine rings is 1. The van der Waals surface area contributed by atoms with E-state index < -0.39 is 5.82 Å². The highest BCUT2D eigenvalue weighted by Gasteiger charge is 2.25. The summed E-state index contributed by atoms with van der Waals surface area (Å²) in [5, 5.41) is -0.0294. The Balaban J connectivity index is 1.99. The van der Waals surface area contributed by atoms with Gasteiger partial charge < -0.3 is 14.5 Å². The van der Waals surface area contributed by atoms with Crippen LogP contribution in [0.15, 0.2) is 18.2 Å². The second kappa shape index (κ2) is 7.20. The zero-order chi connectivity index (χ0) is 15.4. The molecule has 6 heteroatoms. The number of rotatable bonds is 4. The van der Waals surface area contributed by atoms with Crippen LogP contribution in [0.1, 0.15) is 16.8 Å². The molecule has 0 radical (unpaired) electrons. The van der Waals surface area contributed by atoms with Crippen molar-refractivity contribution in [1.82, 2.24) is 9.80 Å². The molecule has 0 N–H and O–H groups in total. The van der Waals surface area contributed by atoms with E-state index in [1.165, 1.54) is 18.2 Å². The third-order valence-corrected chi connectivity index (χ3v) is 3.78. The van der Waals surface area contributed by atoms with E-state index in [9.17, 15) is 9.18 Å². The number of benzene rings is 1. The maximum absolute atomic E-state index is 13.2. The Morgan fingerprint density at radius 3 is 2.95 bits per heavy atom. The Kier molecular flexibility index (Phi) is 5.56. The average molecular weight is 315 g/mol. The molecule has 116 valence electrons. The summed E-state index contributed by atoms with van der Waals surface area (Å²) in [6.45, 7) is 2.54. The van der Waals surface area contributed by atoms with Crippen molar-refractivity contribution in [3.8, 4) is 0 Å². The van der Waals surface area contributed by atoms with Crippen LogP contribution in [0.3, 0.4) is 0 Å². The third kappa shape index (κ3) is 4.40. The number of carbonyl (C=O) groups is 1. The number of hydrogen-bond donors (Lipinski definition) is 0. The van der Waals surface area contributed by atoms with Crippen LogP contribution in [0.5, 0.6) is 0 Å². The molecule has 1 aromatic carbocycles. The van der Waals surface area contributed by atoms with Crippen LogP contribution >= 0.6 is 11.6 Å². The van der Waals surface area contributed by atoms with Crippen molar-refractivity contribution in [2.75, 3.05) is 40.3 Å². The Bertz CT molecular complexity index is 510. The van der Waals surface area contributed by atoms with Crippen molar-refractivity contribution in [3.05, 3.63) is 34.6 Å². The van der Waals surface area contributed by atoms with Crippen LogP contribution in [0.25, 0.3) is 0 Å². The Labute approximate surface area is 129 Å². The summed E-state index contributed by atoms with van der Waals surface area (Å²) >= 11 is 5.73. The normalized spacial score (nSPS) is 19.1. The van der Waals surface area contributed by atoms with Crippen LogP contribution in [-0.4, -0.2) is 62.1 Å². The molecule has 1 saturated heterocycles. The van der Waals surface area contributed by atoms with Gasteiger partial charge in [0.15, 0.2) is 0 Å². The van der Waals surface area contributed by atoms with E-state index in [0.717, 1.165) is 13.0 Å².